The first-order chi connectivity index (χ1) is 16.1. The predicted molar refractivity (Wildman–Crippen MR) is 111 cm³/mol. The van der Waals surface area contributed by atoms with Gasteiger partial charge in [-0.2, -0.15) is 18.3 Å². The Morgan fingerprint density at radius 2 is 1.91 bits per heavy atom. The molecule has 0 aliphatic carbocycles. The molecule has 1 amide bonds. The molecule has 0 unspecified atom stereocenters. The summed E-state index contributed by atoms with van der Waals surface area (Å²) in [6.07, 6.45) is -1.45. The van der Waals surface area contributed by atoms with Crippen molar-refractivity contribution >= 4 is 17.5 Å². The second-order valence-electron chi connectivity index (χ2n) is 6.84. The quantitative estimate of drug-likeness (QED) is 0.285. The van der Waals surface area contributed by atoms with Gasteiger partial charge in [0.05, 0.1) is 35.1 Å². The molecule has 0 fully saturated rings. The molecular formula is C21H14ClF4N5O3. The number of halogens is 5. The smallest absolute Gasteiger partial charge is 0.355 e. The number of nitrogens with zero attached hydrogens (tertiary/aromatic N) is 5. The van der Waals surface area contributed by atoms with Crippen molar-refractivity contribution in [1.82, 2.24) is 25.0 Å². The monoisotopic (exact) mass is 495 g/mol. The van der Waals surface area contributed by atoms with Crippen molar-refractivity contribution in [3.05, 3.63) is 71.0 Å². The summed E-state index contributed by atoms with van der Waals surface area (Å²) in [4.78, 5) is 21.8. The average Bonchev–Trinajstić information content (AvgIpc) is 3.43. The Bertz CT molecular complexity index is 1330. The van der Waals surface area contributed by atoms with Crippen LogP contribution in [0.2, 0.25) is 5.02 Å². The molecule has 0 radical (unpaired) electrons. The lowest BCUT2D eigenvalue weighted by atomic mass is 10.0. The van der Waals surface area contributed by atoms with E-state index in [1.54, 1.807) is 0 Å². The number of hydrogen-bond acceptors (Lipinski definition) is 6. The number of benzene rings is 1. The number of carbonyl (C=O) groups excluding carboxylic acids is 1. The highest BCUT2D eigenvalue weighted by Gasteiger charge is 2.42. The van der Waals surface area contributed by atoms with E-state index in [0.717, 1.165) is 17.3 Å². The van der Waals surface area contributed by atoms with Crippen LogP contribution in [0.3, 0.4) is 0 Å². The first kappa shape index (κ1) is 23.4. The van der Waals surface area contributed by atoms with E-state index in [4.69, 9.17) is 21.0 Å². The Kier molecular flexibility index (Phi) is 6.11. The van der Waals surface area contributed by atoms with Crippen molar-refractivity contribution in [2.45, 2.75) is 6.18 Å². The zero-order valence-corrected chi connectivity index (χ0v) is 18.2. The van der Waals surface area contributed by atoms with Gasteiger partial charge < -0.3 is 4.52 Å². The molecule has 0 bridgehead atoms. The molecule has 0 spiro atoms. The van der Waals surface area contributed by atoms with Gasteiger partial charge in [-0.15, -0.1) is 0 Å². The molecule has 34 heavy (non-hydrogen) atoms. The second kappa shape index (κ2) is 8.88. The van der Waals surface area contributed by atoms with Crippen LogP contribution >= 0.6 is 11.6 Å². The van der Waals surface area contributed by atoms with E-state index in [1.807, 2.05) is 0 Å². The highest BCUT2D eigenvalue weighted by atomic mass is 35.5. The van der Waals surface area contributed by atoms with E-state index in [-0.39, 0.29) is 16.3 Å². The highest BCUT2D eigenvalue weighted by Crippen LogP contribution is 2.43. The third-order valence-corrected chi connectivity index (χ3v) is 5.17. The van der Waals surface area contributed by atoms with Crippen molar-refractivity contribution in [3.8, 4) is 28.3 Å². The van der Waals surface area contributed by atoms with E-state index in [1.165, 1.54) is 50.8 Å². The summed E-state index contributed by atoms with van der Waals surface area (Å²) >= 11 is 6.12. The molecule has 4 aromatic rings. The first-order valence-electron chi connectivity index (χ1n) is 9.47. The zero-order chi connectivity index (χ0) is 24.6. The summed E-state index contributed by atoms with van der Waals surface area (Å²) in [7, 11) is 2.39. The summed E-state index contributed by atoms with van der Waals surface area (Å²) in [5.74, 6) is -2.39. The summed E-state index contributed by atoms with van der Waals surface area (Å²) in [5.41, 5.74) is -2.97. The van der Waals surface area contributed by atoms with Gasteiger partial charge in [0.15, 0.2) is 11.5 Å². The standard InChI is InChI=1S/C21H14ClF4N5O3/c1-30(33-2)20(32)16-17(15-13(22)4-3-5-14(15)23)29-34-18(16)12-10-28-31(19(12)21(24,25)26)11-6-8-27-9-7-11/h3-10H,1-2H3. The topological polar surface area (TPSA) is 86.3 Å². The Morgan fingerprint density at radius 3 is 2.53 bits per heavy atom. The molecule has 0 N–H and O–H groups in total. The van der Waals surface area contributed by atoms with Crippen molar-refractivity contribution in [3.63, 3.8) is 0 Å². The van der Waals surface area contributed by atoms with Crippen LogP contribution in [0.1, 0.15) is 16.1 Å². The maximum absolute atomic E-state index is 14.6. The molecule has 8 nitrogen and oxygen atoms in total. The van der Waals surface area contributed by atoms with Gasteiger partial charge in [-0.1, -0.05) is 22.8 Å². The number of pyridine rings is 1. The van der Waals surface area contributed by atoms with E-state index in [2.05, 4.69) is 15.2 Å². The number of hydrogen-bond donors (Lipinski definition) is 0. The van der Waals surface area contributed by atoms with Crippen LogP contribution < -0.4 is 0 Å². The number of hydroxylamine groups is 2. The fourth-order valence-electron chi connectivity index (χ4n) is 3.28. The predicted octanol–water partition coefficient (Wildman–Crippen LogP) is 5.03. The number of alkyl halides is 3. The Hall–Kier alpha value is -3.77. The molecule has 0 atom stereocenters. The lowest BCUT2D eigenvalue weighted by Gasteiger charge is -2.15. The third-order valence-electron chi connectivity index (χ3n) is 4.86. The van der Waals surface area contributed by atoms with E-state index in [9.17, 15) is 22.4 Å². The third kappa shape index (κ3) is 4.01. The number of rotatable bonds is 5. The van der Waals surface area contributed by atoms with Crippen molar-refractivity contribution in [2.75, 3.05) is 14.2 Å². The lowest BCUT2D eigenvalue weighted by Crippen LogP contribution is -2.26. The van der Waals surface area contributed by atoms with Crippen LogP contribution in [0.4, 0.5) is 17.6 Å². The van der Waals surface area contributed by atoms with E-state index < -0.39 is 46.2 Å². The molecule has 0 saturated heterocycles. The van der Waals surface area contributed by atoms with Crippen LogP contribution in [0, 0.1) is 5.82 Å². The number of carbonyl (C=O) groups is 1. The summed E-state index contributed by atoms with van der Waals surface area (Å²) in [6.45, 7) is 0. The summed E-state index contributed by atoms with van der Waals surface area (Å²) in [5, 5.41) is 8.15. The van der Waals surface area contributed by atoms with E-state index >= 15 is 0 Å². The molecule has 4 rings (SSSR count). The fourth-order valence-corrected chi connectivity index (χ4v) is 3.53. The van der Waals surface area contributed by atoms with Crippen LogP contribution in [0.5, 0.6) is 0 Å². The minimum Gasteiger partial charge on any atom is -0.355 e. The van der Waals surface area contributed by atoms with Crippen molar-refractivity contribution in [2.24, 2.45) is 0 Å². The molecule has 0 aliphatic rings. The van der Waals surface area contributed by atoms with Gasteiger partial charge in [0.1, 0.15) is 17.1 Å². The van der Waals surface area contributed by atoms with Crippen LogP contribution in [0.25, 0.3) is 28.3 Å². The van der Waals surface area contributed by atoms with Gasteiger partial charge >= 0.3 is 6.18 Å². The SMILES string of the molecule is CON(C)C(=O)c1c(-c2c(F)cccc2Cl)noc1-c1cnn(-c2ccncc2)c1C(F)(F)F. The van der Waals surface area contributed by atoms with Crippen molar-refractivity contribution in [1.29, 1.82) is 0 Å². The average molecular weight is 496 g/mol. The number of amides is 1. The zero-order valence-electron chi connectivity index (χ0n) is 17.5. The Labute approximate surface area is 194 Å². The van der Waals surface area contributed by atoms with Gasteiger partial charge in [-0.25, -0.2) is 14.1 Å². The molecule has 1 aromatic carbocycles. The maximum atomic E-state index is 14.6. The minimum absolute atomic E-state index is 0.0624. The van der Waals surface area contributed by atoms with Gasteiger partial charge in [-0.05, 0) is 24.3 Å². The first-order valence-corrected chi connectivity index (χ1v) is 9.85. The van der Waals surface area contributed by atoms with Crippen LogP contribution in [-0.4, -0.2) is 45.0 Å². The normalized spacial score (nSPS) is 11.6. The molecule has 0 saturated carbocycles. The molecule has 3 heterocycles. The fraction of sp³-hybridized carbons (Fsp3) is 0.143. The molecule has 13 heteroatoms. The maximum Gasteiger partial charge on any atom is 0.434 e. The summed E-state index contributed by atoms with van der Waals surface area (Å²) in [6, 6.07) is 6.37. The molecule has 3 aromatic heterocycles. The molecule has 176 valence electrons. The lowest BCUT2D eigenvalue weighted by molar-refractivity contribution is -0.142. The molecule has 0 aliphatic heterocycles. The minimum atomic E-state index is -4.93. The number of aromatic nitrogens is 4. The largest absolute Gasteiger partial charge is 0.434 e. The van der Waals surface area contributed by atoms with Gasteiger partial charge in [0, 0.05) is 19.4 Å². The van der Waals surface area contributed by atoms with Gasteiger partial charge in [-0.3, -0.25) is 14.6 Å². The Morgan fingerprint density at radius 1 is 1.21 bits per heavy atom. The van der Waals surface area contributed by atoms with Gasteiger partial charge in [0.2, 0.25) is 0 Å². The van der Waals surface area contributed by atoms with Crippen LogP contribution in [0.15, 0.2) is 53.4 Å². The van der Waals surface area contributed by atoms with Gasteiger partial charge in [0.25, 0.3) is 5.91 Å². The highest BCUT2D eigenvalue weighted by molar-refractivity contribution is 6.33. The van der Waals surface area contributed by atoms with Crippen LogP contribution in [-0.2, 0) is 11.0 Å². The molecular weight excluding hydrogens is 482 g/mol. The Balaban J connectivity index is 2.03. The second-order valence-corrected chi connectivity index (χ2v) is 7.25. The summed E-state index contributed by atoms with van der Waals surface area (Å²) < 4.78 is 63.0. The van der Waals surface area contributed by atoms with Crippen molar-refractivity contribution < 1.29 is 31.7 Å². The van der Waals surface area contributed by atoms with E-state index in [0.29, 0.717) is 4.68 Å².